The van der Waals surface area contributed by atoms with Crippen molar-refractivity contribution in [2.75, 3.05) is 45.7 Å². The highest BCUT2D eigenvalue weighted by atomic mass is 16.5. The molecule has 2 aromatic heterocycles. The van der Waals surface area contributed by atoms with Gasteiger partial charge >= 0.3 is 0 Å². The summed E-state index contributed by atoms with van der Waals surface area (Å²) in [4.78, 5) is 25.4. The van der Waals surface area contributed by atoms with Gasteiger partial charge in [-0.25, -0.2) is 4.98 Å². The summed E-state index contributed by atoms with van der Waals surface area (Å²) in [6.07, 6.45) is 5.96. The highest BCUT2D eigenvalue weighted by Crippen LogP contribution is 2.34. The molecule has 1 saturated heterocycles. The van der Waals surface area contributed by atoms with Crippen LogP contribution in [-0.2, 0) is 11.3 Å². The van der Waals surface area contributed by atoms with E-state index < -0.39 is 0 Å². The van der Waals surface area contributed by atoms with E-state index >= 15 is 0 Å². The molecule has 3 aromatic rings. The molecule has 194 valence electrons. The van der Waals surface area contributed by atoms with Crippen molar-refractivity contribution < 1.29 is 14.3 Å². The van der Waals surface area contributed by atoms with Crippen molar-refractivity contribution in [1.82, 2.24) is 24.3 Å². The maximum absolute atomic E-state index is 12.0. The average Bonchev–Trinajstić information content (AvgIpc) is 3.25. The Balaban J connectivity index is 1.49. The van der Waals surface area contributed by atoms with E-state index in [1.165, 1.54) is 11.1 Å². The van der Waals surface area contributed by atoms with Gasteiger partial charge in [-0.15, -0.1) is 0 Å². The molecule has 1 fully saturated rings. The number of hydrogen-bond donors (Lipinski definition) is 1. The summed E-state index contributed by atoms with van der Waals surface area (Å²) < 4.78 is 12.9. The second-order valence-corrected chi connectivity index (χ2v) is 9.22. The van der Waals surface area contributed by atoms with Gasteiger partial charge in [0.2, 0.25) is 11.9 Å². The number of carbonyl (C=O) groups excluding carboxylic acids is 1. The first-order valence-electron chi connectivity index (χ1n) is 12.2. The molecule has 0 unspecified atom stereocenters. The molecule has 1 aromatic carbocycles. The molecule has 0 spiro atoms. The van der Waals surface area contributed by atoms with Gasteiger partial charge in [0.05, 0.1) is 20.3 Å². The highest BCUT2D eigenvalue weighted by molar-refractivity contribution is 5.78. The first kappa shape index (κ1) is 26.0. The third-order valence-corrected chi connectivity index (χ3v) is 6.59. The van der Waals surface area contributed by atoms with E-state index in [4.69, 9.17) is 19.7 Å². The van der Waals surface area contributed by atoms with Crippen LogP contribution in [0.25, 0.3) is 5.82 Å². The molecule has 1 aliphatic rings. The molecule has 0 atom stereocenters. The van der Waals surface area contributed by atoms with Gasteiger partial charge in [-0.2, -0.15) is 10.2 Å². The van der Waals surface area contributed by atoms with Gasteiger partial charge < -0.3 is 24.3 Å². The van der Waals surface area contributed by atoms with Gasteiger partial charge in [0, 0.05) is 68.6 Å². The number of anilines is 2. The fourth-order valence-electron chi connectivity index (χ4n) is 4.57. The van der Waals surface area contributed by atoms with Crippen LogP contribution in [-0.4, -0.2) is 70.6 Å². The Morgan fingerprint density at radius 3 is 2.49 bits per heavy atom. The molecule has 4 rings (SSSR count). The zero-order valence-corrected chi connectivity index (χ0v) is 22.0. The van der Waals surface area contributed by atoms with E-state index in [1.807, 2.05) is 42.8 Å². The summed E-state index contributed by atoms with van der Waals surface area (Å²) in [5.41, 5.74) is 5.09. The van der Waals surface area contributed by atoms with Crippen LogP contribution in [0.2, 0.25) is 0 Å². The lowest BCUT2D eigenvalue weighted by molar-refractivity contribution is -0.131. The van der Waals surface area contributed by atoms with Crippen molar-refractivity contribution >= 4 is 17.5 Å². The van der Waals surface area contributed by atoms with Crippen LogP contribution in [0, 0.1) is 32.1 Å². The second-order valence-electron chi connectivity index (χ2n) is 9.22. The number of ether oxygens (including phenoxy) is 2. The van der Waals surface area contributed by atoms with Crippen molar-refractivity contribution in [2.45, 2.75) is 33.7 Å². The van der Waals surface area contributed by atoms with Crippen molar-refractivity contribution in [2.24, 2.45) is 0 Å². The Hall–Kier alpha value is -4.10. The van der Waals surface area contributed by atoms with Crippen LogP contribution in [0.3, 0.4) is 0 Å². The number of nitrogens with one attached hydrogen (secondary N) is 1. The van der Waals surface area contributed by atoms with E-state index in [9.17, 15) is 4.79 Å². The molecule has 0 bridgehead atoms. The molecular weight excluding hydrogens is 470 g/mol. The number of carbonyl (C=O) groups is 1. The Bertz CT molecular complexity index is 1320. The maximum Gasteiger partial charge on any atom is 0.236 e. The molecule has 10 heteroatoms. The molecule has 0 saturated carbocycles. The van der Waals surface area contributed by atoms with E-state index in [0.29, 0.717) is 30.5 Å². The summed E-state index contributed by atoms with van der Waals surface area (Å²) >= 11 is 0. The largest absolute Gasteiger partial charge is 0.493 e. The molecule has 37 heavy (non-hydrogen) atoms. The topological polar surface area (TPSA) is 109 Å². The van der Waals surface area contributed by atoms with Crippen LogP contribution >= 0.6 is 0 Å². The SMILES string of the molecule is COc1cc(Nc2ncc(C)c(-n3cc(C)c(CN4CCN(C(=O)CC#N)CC4)c3)n2)cc(C)c1OC. The molecule has 1 amide bonds. The van der Waals surface area contributed by atoms with Crippen LogP contribution in [0.4, 0.5) is 11.6 Å². The van der Waals surface area contributed by atoms with E-state index in [0.717, 1.165) is 42.3 Å². The third kappa shape index (κ3) is 5.84. The first-order chi connectivity index (χ1) is 17.8. The predicted octanol–water partition coefficient (Wildman–Crippen LogP) is 3.51. The Morgan fingerprint density at radius 2 is 1.81 bits per heavy atom. The van der Waals surface area contributed by atoms with Crippen LogP contribution in [0.1, 0.15) is 28.7 Å². The average molecular weight is 504 g/mol. The predicted molar refractivity (Wildman–Crippen MR) is 140 cm³/mol. The molecule has 1 aliphatic heterocycles. The number of hydrogen-bond acceptors (Lipinski definition) is 8. The Labute approximate surface area is 217 Å². The molecule has 0 radical (unpaired) electrons. The smallest absolute Gasteiger partial charge is 0.236 e. The van der Waals surface area contributed by atoms with Crippen molar-refractivity contribution in [1.29, 1.82) is 5.26 Å². The number of aromatic nitrogens is 3. The number of aryl methyl sites for hydroxylation is 3. The lowest BCUT2D eigenvalue weighted by atomic mass is 10.2. The number of nitrogens with zero attached hydrogens (tertiary/aromatic N) is 6. The first-order valence-corrected chi connectivity index (χ1v) is 12.2. The summed E-state index contributed by atoms with van der Waals surface area (Å²) in [5, 5.41) is 12.1. The lowest BCUT2D eigenvalue weighted by Crippen LogP contribution is -2.48. The van der Waals surface area contributed by atoms with Gasteiger partial charge in [0.25, 0.3) is 0 Å². The molecule has 0 aliphatic carbocycles. The fraction of sp³-hybridized carbons (Fsp3) is 0.407. The van der Waals surface area contributed by atoms with Crippen molar-refractivity contribution in [3.63, 3.8) is 0 Å². The van der Waals surface area contributed by atoms with Crippen molar-refractivity contribution in [3.05, 3.63) is 53.0 Å². The quantitative estimate of drug-likeness (QED) is 0.498. The molecule has 10 nitrogen and oxygen atoms in total. The standard InChI is InChI=1S/C27H33N7O3/c1-18-12-22(13-23(36-4)25(18)37-5)30-27-29-14-19(2)26(31-27)34-15-20(3)21(17-34)16-32-8-10-33(11-9-32)24(35)6-7-28/h12-15,17H,6,8-11,16H2,1-5H3,(H,29,30,31). The van der Waals surface area contributed by atoms with Gasteiger partial charge in [-0.1, -0.05) is 0 Å². The summed E-state index contributed by atoms with van der Waals surface area (Å²) in [6.45, 7) is 9.71. The van der Waals surface area contributed by atoms with Crippen LogP contribution in [0.15, 0.2) is 30.7 Å². The van der Waals surface area contributed by atoms with Crippen LogP contribution in [0.5, 0.6) is 11.5 Å². The van der Waals surface area contributed by atoms with E-state index in [-0.39, 0.29) is 12.3 Å². The fourth-order valence-corrected chi connectivity index (χ4v) is 4.57. The lowest BCUT2D eigenvalue weighted by Gasteiger charge is -2.34. The van der Waals surface area contributed by atoms with Gasteiger partial charge in [-0.05, 0) is 43.5 Å². The van der Waals surface area contributed by atoms with Crippen LogP contribution < -0.4 is 14.8 Å². The number of piperazine rings is 1. The minimum absolute atomic E-state index is 0.0529. The normalized spacial score (nSPS) is 13.8. The molecule has 1 N–H and O–H groups in total. The number of amides is 1. The monoisotopic (exact) mass is 503 g/mol. The van der Waals surface area contributed by atoms with E-state index in [2.05, 4.69) is 34.5 Å². The van der Waals surface area contributed by atoms with E-state index in [1.54, 1.807) is 19.1 Å². The zero-order valence-electron chi connectivity index (χ0n) is 22.0. The summed E-state index contributed by atoms with van der Waals surface area (Å²) in [6, 6.07) is 5.77. The number of methoxy groups -OCH3 is 2. The summed E-state index contributed by atoms with van der Waals surface area (Å²) in [5.74, 6) is 2.54. The number of benzene rings is 1. The number of nitriles is 1. The molecule has 3 heterocycles. The minimum Gasteiger partial charge on any atom is -0.493 e. The summed E-state index contributed by atoms with van der Waals surface area (Å²) in [7, 11) is 3.24. The number of rotatable bonds is 8. The van der Waals surface area contributed by atoms with Crippen molar-refractivity contribution in [3.8, 4) is 23.4 Å². The molecular formula is C27H33N7O3. The van der Waals surface area contributed by atoms with Gasteiger partial charge in [-0.3, -0.25) is 9.69 Å². The van der Waals surface area contributed by atoms with Gasteiger partial charge in [0.1, 0.15) is 12.2 Å². The maximum atomic E-state index is 12.0. The second kappa shape index (κ2) is 11.3. The Morgan fingerprint density at radius 1 is 1.05 bits per heavy atom. The minimum atomic E-state index is -0.0867. The Kier molecular flexibility index (Phi) is 7.94. The zero-order chi connectivity index (χ0) is 26.5. The highest BCUT2D eigenvalue weighted by Gasteiger charge is 2.22. The van der Waals surface area contributed by atoms with Gasteiger partial charge in [0.15, 0.2) is 11.5 Å². The third-order valence-electron chi connectivity index (χ3n) is 6.59.